The maximum Gasteiger partial charge on any atom is 0.0234 e. The summed E-state index contributed by atoms with van der Waals surface area (Å²) in [5.41, 5.74) is 4.41. The Labute approximate surface area is 125 Å². The molecular formula is C20H19N. The molecule has 3 aromatic rings. The first kappa shape index (κ1) is 12.6. The Kier molecular flexibility index (Phi) is 3.01. The molecule has 0 saturated heterocycles. The summed E-state index contributed by atoms with van der Waals surface area (Å²) in [7, 11) is 2.22. The second kappa shape index (κ2) is 5.01. The molecule has 0 radical (unpaired) electrons. The van der Waals surface area contributed by atoms with Crippen molar-refractivity contribution in [2.45, 2.75) is 12.5 Å². The average molecular weight is 273 g/mol. The second-order valence-corrected chi connectivity index (χ2v) is 6.02. The molecule has 0 fully saturated rings. The Hall–Kier alpha value is -2.12. The highest BCUT2D eigenvalue weighted by Gasteiger charge is 2.25. The fraction of sp³-hybridized carbons (Fsp3) is 0.200. The summed E-state index contributed by atoms with van der Waals surface area (Å²) in [5.74, 6) is 0.464. The molecule has 0 bridgehead atoms. The van der Waals surface area contributed by atoms with Crippen LogP contribution in [0, 0.1) is 0 Å². The van der Waals surface area contributed by atoms with Crippen LogP contribution in [-0.2, 0) is 6.54 Å². The van der Waals surface area contributed by atoms with Crippen LogP contribution < -0.4 is 0 Å². The van der Waals surface area contributed by atoms with Crippen LogP contribution >= 0.6 is 0 Å². The van der Waals surface area contributed by atoms with Crippen LogP contribution in [0.2, 0.25) is 0 Å². The summed E-state index contributed by atoms with van der Waals surface area (Å²) in [4.78, 5) is 2.43. The number of likely N-dealkylation sites (N-methyl/N-ethyl adjacent to an activating group) is 1. The quantitative estimate of drug-likeness (QED) is 0.634. The second-order valence-electron chi connectivity index (χ2n) is 6.02. The van der Waals surface area contributed by atoms with E-state index >= 15 is 0 Å². The number of nitrogens with zero attached hydrogens (tertiary/aromatic N) is 1. The highest BCUT2D eigenvalue weighted by atomic mass is 15.1. The lowest BCUT2D eigenvalue weighted by Crippen LogP contribution is -2.30. The van der Waals surface area contributed by atoms with Gasteiger partial charge in [-0.3, -0.25) is 0 Å². The standard InChI is InChI=1S/C20H19N/c1-21-13-16-8-3-5-11-18(16)20(14-21)19-12-6-9-15-7-2-4-10-17(15)19/h2-12,20H,13-14H2,1H3. The zero-order valence-electron chi connectivity index (χ0n) is 12.3. The smallest absolute Gasteiger partial charge is 0.0234 e. The van der Waals surface area contributed by atoms with Crippen molar-refractivity contribution >= 4 is 10.8 Å². The summed E-state index contributed by atoms with van der Waals surface area (Å²) in [6.45, 7) is 2.14. The monoisotopic (exact) mass is 273 g/mol. The van der Waals surface area contributed by atoms with Crippen molar-refractivity contribution in [3.8, 4) is 0 Å². The molecule has 0 amide bonds. The minimum absolute atomic E-state index is 0.464. The maximum atomic E-state index is 2.43. The summed E-state index contributed by atoms with van der Waals surface area (Å²) in [5, 5.41) is 2.72. The van der Waals surface area contributed by atoms with Gasteiger partial charge < -0.3 is 4.90 Å². The maximum absolute atomic E-state index is 2.43. The van der Waals surface area contributed by atoms with E-state index in [2.05, 4.69) is 78.7 Å². The molecule has 3 aromatic carbocycles. The molecule has 0 aromatic heterocycles. The molecule has 1 heteroatoms. The fourth-order valence-corrected chi connectivity index (χ4v) is 3.60. The van der Waals surface area contributed by atoms with E-state index < -0.39 is 0 Å². The van der Waals surface area contributed by atoms with Gasteiger partial charge in [-0.2, -0.15) is 0 Å². The summed E-state index contributed by atoms with van der Waals surface area (Å²) in [6.07, 6.45) is 0. The van der Waals surface area contributed by atoms with E-state index in [9.17, 15) is 0 Å². The van der Waals surface area contributed by atoms with E-state index in [0.717, 1.165) is 13.1 Å². The number of hydrogen-bond acceptors (Lipinski definition) is 1. The zero-order valence-corrected chi connectivity index (χ0v) is 12.3. The van der Waals surface area contributed by atoms with Crippen molar-refractivity contribution in [1.82, 2.24) is 4.90 Å². The first-order valence-corrected chi connectivity index (χ1v) is 7.57. The van der Waals surface area contributed by atoms with Gasteiger partial charge in [-0.25, -0.2) is 0 Å². The minimum atomic E-state index is 0.464. The van der Waals surface area contributed by atoms with Crippen LogP contribution in [0.15, 0.2) is 66.7 Å². The summed E-state index contributed by atoms with van der Waals surface area (Å²) in [6, 6.07) is 24.3. The molecule has 0 N–H and O–H groups in total. The minimum Gasteiger partial charge on any atom is -0.301 e. The van der Waals surface area contributed by atoms with Gasteiger partial charge in [0.25, 0.3) is 0 Å². The van der Waals surface area contributed by atoms with Gasteiger partial charge in [0, 0.05) is 19.0 Å². The lowest BCUT2D eigenvalue weighted by molar-refractivity contribution is 0.296. The third kappa shape index (κ3) is 2.14. The molecular weight excluding hydrogens is 254 g/mol. The molecule has 1 heterocycles. The number of fused-ring (bicyclic) bond motifs is 2. The Morgan fingerprint density at radius 1 is 0.810 bits per heavy atom. The van der Waals surface area contributed by atoms with Crippen LogP contribution in [0.3, 0.4) is 0 Å². The van der Waals surface area contributed by atoms with Gasteiger partial charge in [-0.1, -0.05) is 66.7 Å². The lowest BCUT2D eigenvalue weighted by Gasteiger charge is -2.33. The van der Waals surface area contributed by atoms with Gasteiger partial charge in [0.1, 0.15) is 0 Å². The van der Waals surface area contributed by atoms with Crippen LogP contribution in [-0.4, -0.2) is 18.5 Å². The first-order valence-electron chi connectivity index (χ1n) is 7.57. The van der Waals surface area contributed by atoms with E-state index in [1.165, 1.54) is 27.5 Å². The van der Waals surface area contributed by atoms with Crippen molar-refractivity contribution in [2.24, 2.45) is 0 Å². The molecule has 1 aliphatic heterocycles. The molecule has 21 heavy (non-hydrogen) atoms. The van der Waals surface area contributed by atoms with Crippen molar-refractivity contribution in [3.63, 3.8) is 0 Å². The zero-order chi connectivity index (χ0) is 14.2. The third-order valence-electron chi connectivity index (χ3n) is 4.56. The molecule has 1 aliphatic rings. The average Bonchev–Trinajstić information content (AvgIpc) is 2.53. The van der Waals surface area contributed by atoms with Crippen molar-refractivity contribution < 1.29 is 0 Å². The van der Waals surface area contributed by atoms with Crippen LogP contribution in [0.25, 0.3) is 10.8 Å². The summed E-state index contributed by atoms with van der Waals surface area (Å²) >= 11 is 0. The predicted octanol–water partition coefficient (Wildman–Crippen LogP) is 4.42. The highest BCUT2D eigenvalue weighted by molar-refractivity contribution is 5.86. The Balaban J connectivity index is 1.93. The van der Waals surface area contributed by atoms with Crippen LogP contribution in [0.5, 0.6) is 0 Å². The predicted molar refractivity (Wildman–Crippen MR) is 88.6 cm³/mol. The van der Waals surface area contributed by atoms with Crippen molar-refractivity contribution in [3.05, 3.63) is 83.4 Å². The van der Waals surface area contributed by atoms with Gasteiger partial charge in [0.15, 0.2) is 0 Å². The topological polar surface area (TPSA) is 3.24 Å². The molecule has 4 rings (SSSR count). The van der Waals surface area contributed by atoms with Crippen molar-refractivity contribution in [2.75, 3.05) is 13.6 Å². The molecule has 104 valence electrons. The van der Waals surface area contributed by atoms with Crippen molar-refractivity contribution in [1.29, 1.82) is 0 Å². The largest absolute Gasteiger partial charge is 0.301 e. The molecule has 1 nitrogen and oxygen atoms in total. The third-order valence-corrected chi connectivity index (χ3v) is 4.56. The molecule has 0 aliphatic carbocycles. The molecule has 0 spiro atoms. The van der Waals surface area contributed by atoms with Crippen LogP contribution in [0.1, 0.15) is 22.6 Å². The Morgan fingerprint density at radius 2 is 1.52 bits per heavy atom. The number of benzene rings is 3. The fourth-order valence-electron chi connectivity index (χ4n) is 3.60. The first-order chi connectivity index (χ1) is 10.3. The van der Waals surface area contributed by atoms with Gasteiger partial charge in [-0.05, 0) is 34.5 Å². The normalized spacial score (nSPS) is 18.6. The Bertz CT molecular complexity index is 785. The molecule has 0 saturated carbocycles. The van der Waals surface area contributed by atoms with Gasteiger partial charge in [0.2, 0.25) is 0 Å². The van der Waals surface area contributed by atoms with E-state index in [1.54, 1.807) is 0 Å². The van der Waals surface area contributed by atoms with E-state index in [-0.39, 0.29) is 0 Å². The van der Waals surface area contributed by atoms with Gasteiger partial charge in [0.05, 0.1) is 0 Å². The van der Waals surface area contributed by atoms with Gasteiger partial charge in [-0.15, -0.1) is 0 Å². The number of hydrogen-bond donors (Lipinski definition) is 0. The molecule has 1 unspecified atom stereocenters. The van der Waals surface area contributed by atoms with E-state index in [0.29, 0.717) is 5.92 Å². The number of rotatable bonds is 1. The lowest BCUT2D eigenvalue weighted by atomic mass is 9.83. The van der Waals surface area contributed by atoms with E-state index in [1.807, 2.05) is 0 Å². The van der Waals surface area contributed by atoms with Gasteiger partial charge >= 0.3 is 0 Å². The van der Waals surface area contributed by atoms with E-state index in [4.69, 9.17) is 0 Å². The SMILES string of the molecule is CN1Cc2ccccc2C(c2cccc3ccccc23)C1. The van der Waals surface area contributed by atoms with Crippen LogP contribution in [0.4, 0.5) is 0 Å². The highest BCUT2D eigenvalue weighted by Crippen LogP contribution is 2.36. The summed E-state index contributed by atoms with van der Waals surface area (Å²) < 4.78 is 0. The molecule has 1 atom stereocenters. The Morgan fingerprint density at radius 3 is 2.48 bits per heavy atom.